The summed E-state index contributed by atoms with van der Waals surface area (Å²) in [6.45, 7) is 8.42. The largest absolute Gasteiger partial charge is 0.445 e. The predicted octanol–water partition coefficient (Wildman–Crippen LogP) is 4.86. The first kappa shape index (κ1) is 21.9. The van der Waals surface area contributed by atoms with Gasteiger partial charge in [-0.25, -0.2) is 9.78 Å². The van der Waals surface area contributed by atoms with Crippen LogP contribution in [-0.2, 0) is 22.9 Å². The maximum absolute atomic E-state index is 12.7. The van der Waals surface area contributed by atoms with Crippen LogP contribution < -0.4 is 4.90 Å². The van der Waals surface area contributed by atoms with E-state index < -0.39 is 17.8 Å². The Balaban J connectivity index is 1.48. The molecule has 2 aromatic rings. The van der Waals surface area contributed by atoms with Crippen molar-refractivity contribution in [1.82, 2.24) is 9.88 Å². The number of ether oxygens (including phenoxy) is 1. The van der Waals surface area contributed by atoms with Gasteiger partial charge in [0.15, 0.2) is 0 Å². The Morgan fingerprint density at radius 1 is 0.967 bits per heavy atom. The van der Waals surface area contributed by atoms with E-state index in [1.54, 1.807) is 4.90 Å². The molecule has 1 saturated heterocycles. The number of hydrogen-bond acceptors (Lipinski definition) is 4. The van der Waals surface area contributed by atoms with Gasteiger partial charge in [0, 0.05) is 32.4 Å². The molecule has 30 heavy (non-hydrogen) atoms. The van der Waals surface area contributed by atoms with Crippen molar-refractivity contribution in [1.29, 1.82) is 0 Å². The molecule has 0 unspecified atom stereocenters. The third kappa shape index (κ3) is 5.43. The molecule has 0 atom stereocenters. The maximum atomic E-state index is 12.7. The van der Waals surface area contributed by atoms with Crippen LogP contribution in [0.25, 0.3) is 0 Å². The average molecular weight is 421 g/mol. The Bertz CT molecular complexity index is 851. The zero-order valence-electron chi connectivity index (χ0n) is 17.4. The number of nitrogens with zero attached hydrogens (tertiary/aromatic N) is 3. The van der Waals surface area contributed by atoms with Crippen LogP contribution in [0.5, 0.6) is 0 Å². The Morgan fingerprint density at radius 2 is 1.57 bits per heavy atom. The van der Waals surface area contributed by atoms with E-state index in [9.17, 15) is 18.0 Å². The molecule has 1 aromatic heterocycles. The lowest BCUT2D eigenvalue weighted by atomic mass is 9.87. The highest BCUT2D eigenvalue weighted by molar-refractivity contribution is 5.68. The Hall–Kier alpha value is -2.77. The number of pyridine rings is 1. The summed E-state index contributed by atoms with van der Waals surface area (Å²) in [5, 5.41) is 0. The fraction of sp³-hybridized carbons (Fsp3) is 0.455. The first-order valence-electron chi connectivity index (χ1n) is 9.83. The Kier molecular flexibility index (Phi) is 6.24. The number of carbonyl (C=O) groups is 1. The lowest BCUT2D eigenvalue weighted by molar-refractivity contribution is -0.137. The molecule has 1 fully saturated rings. The lowest BCUT2D eigenvalue weighted by Gasteiger charge is -2.34. The number of rotatable bonds is 3. The number of carbonyl (C=O) groups excluding carboxylic acids is 1. The van der Waals surface area contributed by atoms with Gasteiger partial charge in [-0.1, -0.05) is 45.0 Å². The number of alkyl halides is 3. The SMILES string of the molecule is CC(C)(C)c1ccc(COC(=O)N2CCN(c3ccc(C(F)(F)F)cn3)CC2)cc1. The van der Waals surface area contributed by atoms with E-state index in [1.807, 2.05) is 29.2 Å². The van der Waals surface area contributed by atoms with Crippen molar-refractivity contribution in [2.75, 3.05) is 31.1 Å². The summed E-state index contributed by atoms with van der Waals surface area (Å²) < 4.78 is 43.4. The van der Waals surface area contributed by atoms with Crippen molar-refractivity contribution in [3.8, 4) is 0 Å². The summed E-state index contributed by atoms with van der Waals surface area (Å²) in [7, 11) is 0. The fourth-order valence-electron chi connectivity index (χ4n) is 3.20. The first-order valence-corrected chi connectivity index (χ1v) is 9.83. The van der Waals surface area contributed by atoms with Crippen molar-refractivity contribution in [3.63, 3.8) is 0 Å². The van der Waals surface area contributed by atoms with Gasteiger partial charge in [-0.15, -0.1) is 0 Å². The van der Waals surface area contributed by atoms with Crippen LogP contribution in [0.4, 0.5) is 23.8 Å². The van der Waals surface area contributed by atoms with Crippen molar-refractivity contribution < 1.29 is 22.7 Å². The van der Waals surface area contributed by atoms with E-state index in [1.165, 1.54) is 11.6 Å². The minimum absolute atomic E-state index is 0.0663. The molecule has 162 valence electrons. The van der Waals surface area contributed by atoms with E-state index in [4.69, 9.17) is 4.74 Å². The normalized spacial score (nSPS) is 15.3. The van der Waals surface area contributed by atoms with E-state index in [0.717, 1.165) is 17.8 Å². The molecule has 1 aromatic carbocycles. The molecule has 1 aliphatic rings. The van der Waals surface area contributed by atoms with Crippen molar-refractivity contribution >= 4 is 11.9 Å². The van der Waals surface area contributed by atoms with Gasteiger partial charge < -0.3 is 14.5 Å². The molecule has 0 N–H and O–H groups in total. The van der Waals surface area contributed by atoms with Gasteiger partial charge in [0.25, 0.3) is 0 Å². The molecule has 0 bridgehead atoms. The maximum Gasteiger partial charge on any atom is 0.417 e. The molecule has 5 nitrogen and oxygen atoms in total. The second-order valence-electron chi connectivity index (χ2n) is 8.38. The minimum Gasteiger partial charge on any atom is -0.445 e. The van der Waals surface area contributed by atoms with Gasteiger partial charge in [0.2, 0.25) is 0 Å². The number of piperazine rings is 1. The highest BCUT2D eigenvalue weighted by atomic mass is 19.4. The Morgan fingerprint density at radius 3 is 2.07 bits per heavy atom. The standard InChI is InChI=1S/C22H26F3N3O2/c1-21(2,3)17-6-4-16(5-7-17)15-30-20(29)28-12-10-27(11-13-28)19-9-8-18(14-26-19)22(23,24)25/h4-9,14H,10-13,15H2,1-3H3. The molecule has 1 amide bonds. The monoisotopic (exact) mass is 421 g/mol. The topological polar surface area (TPSA) is 45.7 Å². The van der Waals surface area contributed by atoms with Crippen LogP contribution in [0, 0.1) is 0 Å². The molecule has 0 spiro atoms. The third-order valence-electron chi connectivity index (χ3n) is 5.12. The smallest absolute Gasteiger partial charge is 0.417 e. The summed E-state index contributed by atoms with van der Waals surface area (Å²) in [6.07, 6.45) is -3.96. The summed E-state index contributed by atoms with van der Waals surface area (Å²) >= 11 is 0. The van der Waals surface area contributed by atoms with Crippen LogP contribution in [0.15, 0.2) is 42.6 Å². The second-order valence-corrected chi connectivity index (χ2v) is 8.38. The van der Waals surface area contributed by atoms with Gasteiger partial charge in [-0.2, -0.15) is 13.2 Å². The summed E-state index contributed by atoms with van der Waals surface area (Å²) in [5.74, 6) is 0.468. The van der Waals surface area contributed by atoms with Crippen LogP contribution in [0.2, 0.25) is 0 Å². The fourth-order valence-corrected chi connectivity index (χ4v) is 3.20. The number of halogens is 3. The Labute approximate surface area is 174 Å². The highest BCUT2D eigenvalue weighted by Gasteiger charge is 2.31. The molecule has 0 radical (unpaired) electrons. The lowest BCUT2D eigenvalue weighted by Crippen LogP contribution is -2.49. The highest BCUT2D eigenvalue weighted by Crippen LogP contribution is 2.29. The molecular formula is C22H26F3N3O2. The number of anilines is 1. The molecule has 0 saturated carbocycles. The molecule has 3 rings (SSSR count). The van der Waals surface area contributed by atoms with Crippen LogP contribution in [0.3, 0.4) is 0 Å². The molecular weight excluding hydrogens is 395 g/mol. The van der Waals surface area contributed by atoms with Crippen molar-refractivity contribution in [2.45, 2.75) is 39.0 Å². The third-order valence-corrected chi connectivity index (χ3v) is 5.12. The van der Waals surface area contributed by atoms with Crippen LogP contribution in [0.1, 0.15) is 37.5 Å². The number of aromatic nitrogens is 1. The van der Waals surface area contributed by atoms with Crippen molar-refractivity contribution in [3.05, 3.63) is 59.3 Å². The van der Waals surface area contributed by atoms with Gasteiger partial charge in [0.1, 0.15) is 12.4 Å². The number of amides is 1. The quantitative estimate of drug-likeness (QED) is 0.710. The van der Waals surface area contributed by atoms with Crippen LogP contribution in [-0.4, -0.2) is 42.2 Å². The predicted molar refractivity (Wildman–Crippen MR) is 108 cm³/mol. The zero-order chi connectivity index (χ0) is 21.9. The molecule has 8 heteroatoms. The second kappa shape index (κ2) is 8.53. The molecule has 2 heterocycles. The number of hydrogen-bond donors (Lipinski definition) is 0. The first-order chi connectivity index (χ1) is 14.0. The van der Waals surface area contributed by atoms with E-state index in [-0.39, 0.29) is 12.0 Å². The summed E-state index contributed by atoms with van der Waals surface area (Å²) in [4.78, 5) is 19.7. The molecule has 1 aliphatic heterocycles. The summed E-state index contributed by atoms with van der Waals surface area (Å²) in [6, 6.07) is 10.4. The number of benzene rings is 1. The molecule has 0 aliphatic carbocycles. The van der Waals surface area contributed by atoms with Crippen molar-refractivity contribution in [2.24, 2.45) is 0 Å². The van der Waals surface area contributed by atoms with E-state index in [2.05, 4.69) is 25.8 Å². The van der Waals surface area contributed by atoms with Gasteiger partial charge >= 0.3 is 12.3 Å². The van der Waals surface area contributed by atoms with Gasteiger partial charge in [0.05, 0.1) is 5.56 Å². The van der Waals surface area contributed by atoms with Gasteiger partial charge in [-0.05, 0) is 28.7 Å². The minimum atomic E-state index is -4.40. The van der Waals surface area contributed by atoms with Crippen LogP contribution >= 0.6 is 0 Å². The average Bonchev–Trinajstić information content (AvgIpc) is 2.71. The zero-order valence-corrected chi connectivity index (χ0v) is 17.4. The van der Waals surface area contributed by atoms with Gasteiger partial charge in [-0.3, -0.25) is 0 Å². The van der Waals surface area contributed by atoms with E-state index in [0.29, 0.717) is 32.0 Å². The van der Waals surface area contributed by atoms with E-state index >= 15 is 0 Å². The summed E-state index contributed by atoms with van der Waals surface area (Å²) in [5.41, 5.74) is 1.43.